The van der Waals surface area contributed by atoms with Gasteiger partial charge in [0.05, 0.1) is 0 Å². The third kappa shape index (κ3) is 4.55. The maximum Gasteiger partial charge on any atom is 0.160 e. The molecule has 0 N–H and O–H groups in total. The standard InChI is InChI=1S/C28H28N2O3/c1-17(31)23-9-11-29-16-27(23)21-7-5-20(6-8-21)13-28-26-15-25(19(3)33)24(18(2)32)14-22(26)10-12-30(28)4/h5-9,11,14-16,28H,10,12-13H2,1-4H3. The van der Waals surface area contributed by atoms with E-state index in [4.69, 9.17) is 0 Å². The number of hydrogen-bond acceptors (Lipinski definition) is 5. The number of ketones is 3. The van der Waals surface area contributed by atoms with Crippen LogP contribution in [-0.4, -0.2) is 40.8 Å². The van der Waals surface area contributed by atoms with Crippen LogP contribution in [0.2, 0.25) is 0 Å². The minimum atomic E-state index is -0.0860. The largest absolute Gasteiger partial charge is 0.299 e. The van der Waals surface area contributed by atoms with Gasteiger partial charge in [-0.15, -0.1) is 0 Å². The smallest absolute Gasteiger partial charge is 0.160 e. The first-order valence-corrected chi connectivity index (χ1v) is 11.2. The average molecular weight is 441 g/mol. The van der Waals surface area contributed by atoms with E-state index in [1.54, 1.807) is 25.4 Å². The molecule has 5 heteroatoms. The van der Waals surface area contributed by atoms with Crippen molar-refractivity contribution in [3.63, 3.8) is 0 Å². The Bertz CT molecular complexity index is 1240. The Labute approximate surface area is 194 Å². The van der Waals surface area contributed by atoms with Gasteiger partial charge in [0.2, 0.25) is 0 Å². The number of Topliss-reactive ketones (excluding diaryl/α,β-unsaturated/α-hetero) is 3. The first-order chi connectivity index (χ1) is 15.8. The zero-order chi connectivity index (χ0) is 23.7. The molecule has 5 nitrogen and oxygen atoms in total. The Morgan fingerprint density at radius 2 is 1.55 bits per heavy atom. The lowest BCUT2D eigenvalue weighted by Crippen LogP contribution is -2.34. The van der Waals surface area contributed by atoms with Gasteiger partial charge in [0.1, 0.15) is 0 Å². The molecule has 4 rings (SSSR count). The van der Waals surface area contributed by atoms with E-state index in [-0.39, 0.29) is 23.4 Å². The number of pyridine rings is 1. The van der Waals surface area contributed by atoms with Crippen molar-refractivity contribution >= 4 is 17.3 Å². The maximum absolute atomic E-state index is 12.3. The van der Waals surface area contributed by atoms with Crippen LogP contribution >= 0.6 is 0 Å². The van der Waals surface area contributed by atoms with E-state index >= 15 is 0 Å². The molecule has 0 bridgehead atoms. The van der Waals surface area contributed by atoms with Gasteiger partial charge in [-0.25, -0.2) is 0 Å². The molecule has 1 atom stereocenters. The molecule has 1 aliphatic rings. The van der Waals surface area contributed by atoms with Gasteiger partial charge < -0.3 is 0 Å². The van der Waals surface area contributed by atoms with Crippen LogP contribution in [0.5, 0.6) is 0 Å². The second kappa shape index (κ2) is 9.20. The highest BCUT2D eigenvalue weighted by atomic mass is 16.1. The first-order valence-electron chi connectivity index (χ1n) is 11.2. The number of aromatic nitrogens is 1. The summed E-state index contributed by atoms with van der Waals surface area (Å²) in [5, 5.41) is 0. The predicted octanol–water partition coefficient (Wildman–Crippen LogP) is 5.13. The summed E-state index contributed by atoms with van der Waals surface area (Å²) < 4.78 is 0. The van der Waals surface area contributed by atoms with Gasteiger partial charge in [0.15, 0.2) is 17.3 Å². The van der Waals surface area contributed by atoms with Gasteiger partial charge >= 0.3 is 0 Å². The fourth-order valence-electron chi connectivity index (χ4n) is 4.70. The van der Waals surface area contributed by atoms with E-state index < -0.39 is 0 Å². The Morgan fingerprint density at radius 1 is 0.909 bits per heavy atom. The molecule has 2 heterocycles. The molecule has 0 saturated heterocycles. The van der Waals surface area contributed by atoms with E-state index in [2.05, 4.69) is 29.1 Å². The zero-order valence-electron chi connectivity index (χ0n) is 19.5. The van der Waals surface area contributed by atoms with Crippen molar-refractivity contribution in [3.05, 3.63) is 88.2 Å². The number of nitrogens with zero attached hydrogens (tertiary/aromatic N) is 2. The van der Waals surface area contributed by atoms with Gasteiger partial charge in [0, 0.05) is 47.2 Å². The topological polar surface area (TPSA) is 67.3 Å². The molecule has 168 valence electrons. The molecular formula is C28H28N2O3. The molecule has 33 heavy (non-hydrogen) atoms. The zero-order valence-corrected chi connectivity index (χ0v) is 19.5. The fraction of sp³-hybridized carbons (Fsp3) is 0.286. The molecule has 0 spiro atoms. The van der Waals surface area contributed by atoms with Crippen LogP contribution in [0, 0.1) is 0 Å². The van der Waals surface area contributed by atoms with Crippen LogP contribution in [0.15, 0.2) is 54.9 Å². The number of hydrogen-bond donors (Lipinski definition) is 0. The molecule has 1 aliphatic heterocycles. The molecule has 1 aromatic heterocycles. The number of carbonyl (C=O) groups excluding carboxylic acids is 3. The lowest BCUT2D eigenvalue weighted by Gasteiger charge is -2.35. The van der Waals surface area contributed by atoms with Crippen molar-refractivity contribution in [2.45, 2.75) is 39.7 Å². The Morgan fingerprint density at radius 3 is 2.18 bits per heavy atom. The normalized spacial score (nSPS) is 15.7. The van der Waals surface area contributed by atoms with Crippen molar-refractivity contribution in [1.29, 1.82) is 0 Å². The third-order valence-electron chi connectivity index (χ3n) is 6.56. The van der Waals surface area contributed by atoms with Crippen LogP contribution in [-0.2, 0) is 12.8 Å². The summed E-state index contributed by atoms with van der Waals surface area (Å²) in [7, 11) is 2.10. The SMILES string of the molecule is CC(=O)c1cc2c(cc1C(C)=O)C(Cc1ccc(-c3cnccc3C(C)=O)cc1)N(C)CC2. The Hall–Kier alpha value is -3.44. The molecular weight excluding hydrogens is 412 g/mol. The van der Waals surface area contributed by atoms with Crippen LogP contribution in [0.4, 0.5) is 0 Å². The summed E-state index contributed by atoms with van der Waals surface area (Å²) >= 11 is 0. The minimum absolute atomic E-state index is 0.0168. The molecule has 0 fully saturated rings. The van der Waals surface area contributed by atoms with Crippen LogP contribution in [0.3, 0.4) is 0 Å². The molecule has 0 saturated carbocycles. The fourth-order valence-corrected chi connectivity index (χ4v) is 4.70. The average Bonchev–Trinajstić information content (AvgIpc) is 2.80. The quantitative estimate of drug-likeness (QED) is 0.497. The summed E-state index contributed by atoms with van der Waals surface area (Å²) in [5.74, 6) is -0.144. The van der Waals surface area contributed by atoms with E-state index in [0.717, 1.165) is 47.2 Å². The first kappa shape index (κ1) is 22.7. The van der Waals surface area contributed by atoms with E-state index in [0.29, 0.717) is 16.7 Å². The van der Waals surface area contributed by atoms with Crippen molar-refractivity contribution in [2.24, 2.45) is 0 Å². The van der Waals surface area contributed by atoms with E-state index in [9.17, 15) is 14.4 Å². The van der Waals surface area contributed by atoms with Crippen molar-refractivity contribution < 1.29 is 14.4 Å². The van der Waals surface area contributed by atoms with Crippen LogP contribution in [0.1, 0.15) is 74.6 Å². The van der Waals surface area contributed by atoms with Gasteiger partial charge in [0.25, 0.3) is 0 Å². The van der Waals surface area contributed by atoms with Gasteiger partial charge in [-0.05, 0) is 81.1 Å². The highest BCUT2D eigenvalue weighted by Crippen LogP contribution is 2.34. The predicted molar refractivity (Wildman–Crippen MR) is 129 cm³/mol. The van der Waals surface area contributed by atoms with Gasteiger partial charge in [-0.1, -0.05) is 24.3 Å². The van der Waals surface area contributed by atoms with Crippen molar-refractivity contribution in [2.75, 3.05) is 13.6 Å². The van der Waals surface area contributed by atoms with Gasteiger partial charge in [-0.2, -0.15) is 0 Å². The summed E-state index contributed by atoms with van der Waals surface area (Å²) in [6.45, 7) is 5.49. The third-order valence-corrected chi connectivity index (χ3v) is 6.56. The summed E-state index contributed by atoms with van der Waals surface area (Å²) in [6, 6.07) is 14.0. The van der Waals surface area contributed by atoms with E-state index in [1.807, 2.05) is 24.3 Å². The monoisotopic (exact) mass is 440 g/mol. The highest BCUT2D eigenvalue weighted by Gasteiger charge is 2.28. The van der Waals surface area contributed by atoms with Crippen LogP contribution < -0.4 is 0 Å². The lowest BCUT2D eigenvalue weighted by molar-refractivity contribution is 0.0980. The molecule has 0 aliphatic carbocycles. The highest BCUT2D eigenvalue weighted by molar-refractivity contribution is 6.07. The Kier molecular flexibility index (Phi) is 6.34. The minimum Gasteiger partial charge on any atom is -0.299 e. The number of benzene rings is 2. The summed E-state index contributed by atoms with van der Waals surface area (Å²) in [5.41, 5.74) is 6.91. The van der Waals surface area contributed by atoms with Crippen molar-refractivity contribution in [1.82, 2.24) is 9.88 Å². The molecule has 3 aromatic rings. The second-order valence-corrected chi connectivity index (χ2v) is 8.83. The van der Waals surface area contributed by atoms with Crippen LogP contribution in [0.25, 0.3) is 11.1 Å². The number of likely N-dealkylation sites (N-methyl/N-ethyl adjacent to an activating group) is 1. The number of fused-ring (bicyclic) bond motifs is 1. The second-order valence-electron chi connectivity index (χ2n) is 8.83. The summed E-state index contributed by atoms with van der Waals surface area (Å²) in [4.78, 5) is 42.9. The summed E-state index contributed by atoms with van der Waals surface area (Å²) in [6.07, 6.45) is 5.01. The van der Waals surface area contributed by atoms with Crippen molar-refractivity contribution in [3.8, 4) is 11.1 Å². The molecule has 0 amide bonds. The molecule has 1 unspecified atom stereocenters. The number of carbonyl (C=O) groups is 3. The van der Waals surface area contributed by atoms with Gasteiger partial charge in [-0.3, -0.25) is 24.3 Å². The van der Waals surface area contributed by atoms with E-state index in [1.165, 1.54) is 13.8 Å². The molecule has 0 radical (unpaired) electrons. The Balaban J connectivity index is 1.67. The maximum atomic E-state index is 12.3. The lowest BCUT2D eigenvalue weighted by atomic mass is 9.84. The number of rotatable bonds is 6. The molecule has 2 aromatic carbocycles.